The molecular weight excluding hydrogens is 601 g/mol. The Bertz CT molecular complexity index is 1260. The molecule has 4 N–H and O–H groups in total. The lowest BCUT2D eigenvalue weighted by Crippen LogP contribution is -2.34. The SMILES string of the molecule is COC(=O)OC(OC(=O)OC)OP(=O)(O)COC[C@H]1O[C@@H](n2cnc3c(N[C@H]4CCOC4)nc(Cl)nc32)[C@H](O)[C@@H]1O. The van der Waals surface area contributed by atoms with Crippen molar-refractivity contribution in [3.63, 3.8) is 0 Å². The predicted octanol–water partition coefficient (Wildman–Crippen LogP) is 0.325. The third-order valence-corrected chi connectivity index (χ3v) is 6.96. The number of hydrogen-bond acceptors (Lipinski definition) is 17. The van der Waals surface area contributed by atoms with Crippen molar-refractivity contribution in [1.29, 1.82) is 0 Å². The minimum Gasteiger partial charge on any atom is -0.437 e. The summed E-state index contributed by atoms with van der Waals surface area (Å²) in [5.41, 5.74) is 0.544. The van der Waals surface area contributed by atoms with Gasteiger partial charge < -0.3 is 53.6 Å². The van der Waals surface area contributed by atoms with Gasteiger partial charge in [0.1, 0.15) is 24.7 Å². The van der Waals surface area contributed by atoms with Crippen LogP contribution in [-0.4, -0.2) is 118 Å². The molecule has 0 spiro atoms. The van der Waals surface area contributed by atoms with Gasteiger partial charge in [0.25, 0.3) is 0 Å². The second kappa shape index (κ2) is 13.4. The van der Waals surface area contributed by atoms with Crippen molar-refractivity contribution in [2.45, 2.75) is 43.5 Å². The highest BCUT2D eigenvalue weighted by Gasteiger charge is 2.45. The molecule has 228 valence electrons. The molecule has 41 heavy (non-hydrogen) atoms. The zero-order valence-corrected chi connectivity index (χ0v) is 23.2. The molecule has 6 atom stereocenters. The highest BCUT2D eigenvalue weighted by molar-refractivity contribution is 7.52. The number of imidazole rings is 1. The molecule has 21 heteroatoms. The second-order valence-corrected chi connectivity index (χ2v) is 10.7. The van der Waals surface area contributed by atoms with Crippen LogP contribution in [-0.2, 0) is 42.2 Å². The Labute approximate surface area is 236 Å². The zero-order chi connectivity index (χ0) is 29.7. The standard InChI is InChI=1S/C20H27ClN5O14P/c1-33-18(29)38-20(39-19(30)34-2)40-41(31,32)8-36-6-10-12(27)13(28)16(37-10)26-7-22-11-14(23-9-3-4-35-5-9)24-17(21)25-15(11)26/h7,9-10,12-13,16,20,27-28H,3-6,8H2,1-2H3,(H,31,32)(H,23,24,25)/t9-,10+,12+,13+,16+/m0/s1. The number of ether oxygens (including phenoxy) is 7. The molecule has 0 aromatic carbocycles. The molecule has 0 radical (unpaired) electrons. The molecule has 1 unspecified atom stereocenters. The monoisotopic (exact) mass is 627 g/mol. The highest BCUT2D eigenvalue weighted by atomic mass is 35.5. The second-order valence-electron chi connectivity index (χ2n) is 8.59. The minimum absolute atomic E-state index is 0.00759. The Morgan fingerprint density at radius 1 is 1.22 bits per heavy atom. The van der Waals surface area contributed by atoms with Crippen molar-refractivity contribution >= 4 is 48.5 Å². The van der Waals surface area contributed by atoms with Crippen LogP contribution >= 0.6 is 19.2 Å². The number of nitrogens with one attached hydrogen (secondary N) is 1. The Balaban J connectivity index is 1.39. The molecular formula is C20H27ClN5O14P. The van der Waals surface area contributed by atoms with Gasteiger partial charge in [-0.15, -0.1) is 0 Å². The van der Waals surface area contributed by atoms with E-state index in [1.807, 2.05) is 0 Å². The fourth-order valence-electron chi connectivity index (χ4n) is 3.88. The van der Waals surface area contributed by atoms with Gasteiger partial charge in [-0.2, -0.15) is 9.97 Å². The normalized spacial score (nSPS) is 25.7. The van der Waals surface area contributed by atoms with Gasteiger partial charge in [-0.3, -0.25) is 9.13 Å². The summed E-state index contributed by atoms with van der Waals surface area (Å²) in [6.07, 6.45) is -7.10. The van der Waals surface area contributed by atoms with Crippen LogP contribution in [0.4, 0.5) is 15.4 Å². The summed E-state index contributed by atoms with van der Waals surface area (Å²) in [5.74, 6) is 0.353. The lowest BCUT2D eigenvalue weighted by atomic mass is 10.1. The molecule has 2 fully saturated rings. The summed E-state index contributed by atoms with van der Waals surface area (Å²) in [7, 11) is -2.88. The number of fused-ring (bicyclic) bond motifs is 1. The molecule has 2 saturated heterocycles. The first-order chi connectivity index (χ1) is 19.5. The molecule has 0 bridgehead atoms. The fraction of sp³-hybridized carbons (Fsp3) is 0.650. The number of aromatic nitrogens is 4. The third kappa shape index (κ3) is 7.70. The molecule has 0 aliphatic carbocycles. The van der Waals surface area contributed by atoms with Gasteiger partial charge in [0.15, 0.2) is 23.2 Å². The van der Waals surface area contributed by atoms with Gasteiger partial charge in [-0.1, -0.05) is 0 Å². The van der Waals surface area contributed by atoms with Crippen molar-refractivity contribution in [2.24, 2.45) is 0 Å². The van der Waals surface area contributed by atoms with Crippen molar-refractivity contribution in [1.82, 2.24) is 19.5 Å². The average molecular weight is 628 g/mol. The van der Waals surface area contributed by atoms with E-state index in [-0.39, 0.29) is 17.0 Å². The van der Waals surface area contributed by atoms with E-state index in [9.17, 15) is 29.3 Å². The number of anilines is 1. The smallest absolute Gasteiger partial charge is 0.437 e. The lowest BCUT2D eigenvalue weighted by Gasteiger charge is -2.20. The van der Waals surface area contributed by atoms with Crippen LogP contribution in [0, 0.1) is 0 Å². The van der Waals surface area contributed by atoms with Crippen molar-refractivity contribution in [3.05, 3.63) is 11.6 Å². The van der Waals surface area contributed by atoms with E-state index in [0.717, 1.165) is 20.6 Å². The van der Waals surface area contributed by atoms with Crippen molar-refractivity contribution < 1.29 is 66.9 Å². The number of hydrogen-bond donors (Lipinski definition) is 4. The number of nitrogens with zero attached hydrogens (tertiary/aromatic N) is 4. The maximum absolute atomic E-state index is 12.4. The third-order valence-electron chi connectivity index (χ3n) is 5.78. The quantitative estimate of drug-likeness (QED) is 0.113. The summed E-state index contributed by atoms with van der Waals surface area (Å²) >= 11 is 6.12. The number of rotatable bonds is 11. The Morgan fingerprint density at radius 3 is 2.56 bits per heavy atom. The van der Waals surface area contributed by atoms with Gasteiger partial charge in [0.05, 0.1) is 39.8 Å². The van der Waals surface area contributed by atoms with Crippen molar-refractivity contribution in [2.75, 3.05) is 45.7 Å². The maximum atomic E-state index is 12.4. The summed E-state index contributed by atoms with van der Waals surface area (Å²) in [6, 6.07) is -0.00759. The minimum atomic E-state index is -4.74. The topological polar surface area (TPSA) is 241 Å². The predicted molar refractivity (Wildman–Crippen MR) is 132 cm³/mol. The van der Waals surface area contributed by atoms with Crippen LogP contribution in [0.5, 0.6) is 0 Å². The van der Waals surface area contributed by atoms with Gasteiger partial charge in [0.2, 0.25) is 5.28 Å². The number of aliphatic hydroxyl groups is 2. The summed E-state index contributed by atoms with van der Waals surface area (Å²) in [6.45, 7) is -1.73. The number of halogens is 1. The molecule has 0 amide bonds. The Morgan fingerprint density at radius 2 is 1.93 bits per heavy atom. The van der Waals surface area contributed by atoms with E-state index in [2.05, 4.69) is 43.7 Å². The first kappa shape index (κ1) is 31.1. The molecule has 2 aromatic rings. The van der Waals surface area contributed by atoms with Crippen LogP contribution in [0.1, 0.15) is 12.6 Å². The molecule has 2 aromatic heterocycles. The maximum Gasteiger partial charge on any atom is 0.512 e. The van der Waals surface area contributed by atoms with Gasteiger partial charge in [0, 0.05) is 6.61 Å². The first-order valence-electron chi connectivity index (χ1n) is 11.8. The Kier molecular flexibility index (Phi) is 10.2. The summed E-state index contributed by atoms with van der Waals surface area (Å²) in [4.78, 5) is 45.3. The van der Waals surface area contributed by atoms with E-state index < -0.39 is 63.9 Å². The fourth-order valence-corrected chi connectivity index (χ4v) is 4.80. The highest BCUT2D eigenvalue weighted by Crippen LogP contribution is 2.44. The first-order valence-corrected chi connectivity index (χ1v) is 14.0. The number of carbonyl (C=O) groups excluding carboxylic acids is 2. The van der Waals surface area contributed by atoms with Crippen LogP contribution in [0.25, 0.3) is 11.2 Å². The molecule has 19 nitrogen and oxygen atoms in total. The van der Waals surface area contributed by atoms with E-state index in [1.165, 1.54) is 10.9 Å². The molecule has 0 saturated carbocycles. The lowest BCUT2D eigenvalue weighted by molar-refractivity contribution is -0.203. The zero-order valence-electron chi connectivity index (χ0n) is 21.5. The average Bonchev–Trinajstić information content (AvgIpc) is 3.64. The summed E-state index contributed by atoms with van der Waals surface area (Å²) in [5, 5.41) is 24.3. The van der Waals surface area contributed by atoms with E-state index >= 15 is 0 Å². The van der Waals surface area contributed by atoms with Crippen LogP contribution < -0.4 is 5.32 Å². The van der Waals surface area contributed by atoms with E-state index in [4.69, 9.17) is 25.8 Å². The molecule has 4 rings (SSSR count). The van der Waals surface area contributed by atoms with Crippen LogP contribution in [0.15, 0.2) is 6.33 Å². The van der Waals surface area contributed by atoms with Crippen molar-refractivity contribution in [3.8, 4) is 0 Å². The van der Waals surface area contributed by atoms with Gasteiger partial charge in [-0.25, -0.2) is 19.1 Å². The summed E-state index contributed by atoms with van der Waals surface area (Å²) < 4.78 is 52.0. The number of methoxy groups -OCH3 is 2. The number of carbonyl (C=O) groups is 2. The van der Waals surface area contributed by atoms with Gasteiger partial charge in [-0.05, 0) is 18.0 Å². The molecule has 2 aliphatic rings. The van der Waals surface area contributed by atoms with Crippen LogP contribution in [0.2, 0.25) is 5.28 Å². The number of aliphatic hydroxyl groups excluding tert-OH is 2. The molecule has 2 aliphatic heterocycles. The largest absolute Gasteiger partial charge is 0.512 e. The van der Waals surface area contributed by atoms with E-state index in [0.29, 0.717) is 24.5 Å². The van der Waals surface area contributed by atoms with Gasteiger partial charge >= 0.3 is 26.4 Å². The Hall–Kier alpha value is -2.87. The van der Waals surface area contributed by atoms with Crippen LogP contribution in [0.3, 0.4) is 0 Å². The molecule has 4 heterocycles. The van der Waals surface area contributed by atoms with E-state index in [1.54, 1.807) is 0 Å².